The van der Waals surface area contributed by atoms with Crippen molar-refractivity contribution in [1.82, 2.24) is 4.98 Å². The zero-order valence-corrected chi connectivity index (χ0v) is 16.8. The molecule has 0 aliphatic carbocycles. The van der Waals surface area contributed by atoms with Crippen LogP contribution in [0.2, 0.25) is 0 Å². The summed E-state index contributed by atoms with van der Waals surface area (Å²) in [6, 6.07) is 15.2. The molecular formula is C24H27NO4. The summed E-state index contributed by atoms with van der Waals surface area (Å²) >= 11 is 0. The molecule has 1 saturated heterocycles. The van der Waals surface area contributed by atoms with Crippen molar-refractivity contribution in [2.75, 3.05) is 19.8 Å². The topological polar surface area (TPSA) is 60.6 Å². The Morgan fingerprint density at radius 2 is 1.79 bits per heavy atom. The van der Waals surface area contributed by atoms with E-state index in [1.54, 1.807) is 0 Å². The molecule has 152 valence electrons. The Hall–Kier alpha value is -2.79. The van der Waals surface area contributed by atoms with Crippen molar-refractivity contribution in [3.05, 3.63) is 70.0 Å². The van der Waals surface area contributed by atoms with E-state index in [9.17, 15) is 4.79 Å². The molecule has 1 aliphatic rings. The predicted octanol–water partition coefficient (Wildman–Crippen LogP) is 4.61. The van der Waals surface area contributed by atoms with Crippen LogP contribution < -0.4 is 14.9 Å². The van der Waals surface area contributed by atoms with Crippen molar-refractivity contribution < 1.29 is 14.2 Å². The van der Waals surface area contributed by atoms with Gasteiger partial charge in [0.25, 0.3) is 0 Å². The summed E-state index contributed by atoms with van der Waals surface area (Å²) in [6.07, 6.45) is 3.29. The number of pyridine rings is 1. The van der Waals surface area contributed by atoms with Gasteiger partial charge in [0.15, 0.2) is 5.43 Å². The van der Waals surface area contributed by atoms with Crippen LogP contribution in [0, 0.1) is 12.8 Å². The molecule has 1 N–H and O–H groups in total. The molecule has 3 aromatic rings. The van der Waals surface area contributed by atoms with Crippen molar-refractivity contribution in [2.24, 2.45) is 5.92 Å². The number of rotatable bonds is 7. The summed E-state index contributed by atoms with van der Waals surface area (Å²) in [5.74, 6) is 2.22. The fraction of sp³-hybridized carbons (Fsp3) is 0.375. The van der Waals surface area contributed by atoms with Gasteiger partial charge in [-0.3, -0.25) is 4.79 Å². The molecule has 1 aromatic heterocycles. The number of para-hydroxylation sites is 1. The minimum absolute atomic E-state index is 0.0446. The summed E-state index contributed by atoms with van der Waals surface area (Å²) in [6.45, 7) is 4.57. The maximum absolute atomic E-state index is 12.6. The van der Waals surface area contributed by atoms with Crippen LogP contribution in [0.4, 0.5) is 0 Å². The first-order valence-electron chi connectivity index (χ1n) is 10.2. The third-order valence-corrected chi connectivity index (χ3v) is 5.57. The zero-order valence-electron chi connectivity index (χ0n) is 16.8. The SMILES string of the molecule is Cc1c(COc2cccc(OCCC3CCOCC3)c2)[nH]c2ccccc2c1=O. The molecule has 1 aliphatic heterocycles. The van der Waals surface area contributed by atoms with Crippen LogP contribution in [-0.4, -0.2) is 24.8 Å². The van der Waals surface area contributed by atoms with Gasteiger partial charge in [-0.2, -0.15) is 0 Å². The van der Waals surface area contributed by atoms with Gasteiger partial charge in [0, 0.05) is 35.7 Å². The quantitative estimate of drug-likeness (QED) is 0.637. The molecule has 0 radical (unpaired) electrons. The molecule has 5 nitrogen and oxygen atoms in total. The Morgan fingerprint density at radius 3 is 2.62 bits per heavy atom. The maximum atomic E-state index is 12.6. The van der Waals surface area contributed by atoms with Crippen LogP contribution in [0.1, 0.15) is 30.5 Å². The third kappa shape index (κ3) is 4.80. The molecule has 0 bridgehead atoms. The lowest BCUT2D eigenvalue weighted by molar-refractivity contribution is 0.0593. The van der Waals surface area contributed by atoms with Gasteiger partial charge in [0.1, 0.15) is 18.1 Å². The van der Waals surface area contributed by atoms with Gasteiger partial charge in [0.05, 0.1) is 12.3 Å². The van der Waals surface area contributed by atoms with Crippen molar-refractivity contribution in [2.45, 2.75) is 32.8 Å². The van der Waals surface area contributed by atoms with E-state index in [1.165, 1.54) is 0 Å². The first kappa shape index (κ1) is 19.5. The molecule has 0 spiro atoms. The monoisotopic (exact) mass is 393 g/mol. The minimum atomic E-state index is 0.0446. The highest BCUT2D eigenvalue weighted by atomic mass is 16.5. The number of hydrogen-bond acceptors (Lipinski definition) is 4. The highest BCUT2D eigenvalue weighted by Crippen LogP contribution is 2.23. The van der Waals surface area contributed by atoms with Crippen molar-refractivity contribution in [3.8, 4) is 11.5 Å². The van der Waals surface area contributed by atoms with Gasteiger partial charge in [0.2, 0.25) is 0 Å². The first-order valence-corrected chi connectivity index (χ1v) is 10.2. The van der Waals surface area contributed by atoms with Crippen LogP contribution in [0.25, 0.3) is 10.9 Å². The Kier molecular flexibility index (Phi) is 6.15. The number of H-pyrrole nitrogens is 1. The Labute approximate surface area is 170 Å². The van der Waals surface area contributed by atoms with E-state index in [0.29, 0.717) is 30.1 Å². The molecule has 2 aromatic carbocycles. The largest absolute Gasteiger partial charge is 0.493 e. The van der Waals surface area contributed by atoms with Crippen LogP contribution in [0.3, 0.4) is 0 Å². The second kappa shape index (κ2) is 9.14. The minimum Gasteiger partial charge on any atom is -0.493 e. The number of benzene rings is 2. The van der Waals surface area contributed by atoms with Crippen LogP contribution in [0.5, 0.6) is 11.5 Å². The summed E-state index contributed by atoms with van der Waals surface area (Å²) < 4.78 is 17.3. The molecule has 2 heterocycles. The Bertz CT molecular complexity index is 1020. The number of ether oxygens (including phenoxy) is 3. The van der Waals surface area contributed by atoms with Crippen LogP contribution >= 0.6 is 0 Å². The lowest BCUT2D eigenvalue weighted by Crippen LogP contribution is -2.17. The molecular weight excluding hydrogens is 366 g/mol. The number of aromatic nitrogens is 1. The Morgan fingerprint density at radius 1 is 1.03 bits per heavy atom. The molecule has 5 heteroatoms. The number of aromatic amines is 1. The summed E-state index contributed by atoms with van der Waals surface area (Å²) in [4.78, 5) is 15.9. The van der Waals surface area contributed by atoms with Gasteiger partial charge in [-0.1, -0.05) is 18.2 Å². The average molecular weight is 393 g/mol. The van der Waals surface area contributed by atoms with E-state index in [1.807, 2.05) is 55.5 Å². The molecule has 0 amide bonds. The highest BCUT2D eigenvalue weighted by molar-refractivity contribution is 5.79. The lowest BCUT2D eigenvalue weighted by Gasteiger charge is -2.21. The van der Waals surface area contributed by atoms with Crippen molar-refractivity contribution in [3.63, 3.8) is 0 Å². The van der Waals surface area contributed by atoms with E-state index in [0.717, 1.165) is 55.2 Å². The number of hydrogen-bond donors (Lipinski definition) is 1. The molecule has 29 heavy (non-hydrogen) atoms. The maximum Gasteiger partial charge on any atom is 0.192 e. The van der Waals surface area contributed by atoms with Gasteiger partial charge < -0.3 is 19.2 Å². The van der Waals surface area contributed by atoms with Gasteiger partial charge in [-0.15, -0.1) is 0 Å². The Balaban J connectivity index is 1.37. The van der Waals surface area contributed by atoms with Crippen LogP contribution in [-0.2, 0) is 11.3 Å². The van der Waals surface area contributed by atoms with E-state index in [2.05, 4.69) is 4.98 Å². The fourth-order valence-corrected chi connectivity index (χ4v) is 3.72. The smallest absolute Gasteiger partial charge is 0.192 e. The third-order valence-electron chi connectivity index (χ3n) is 5.57. The van der Waals surface area contributed by atoms with E-state index < -0.39 is 0 Å². The first-order chi connectivity index (χ1) is 14.2. The van der Waals surface area contributed by atoms with Gasteiger partial charge >= 0.3 is 0 Å². The van der Waals surface area contributed by atoms with E-state index in [-0.39, 0.29) is 5.43 Å². The molecule has 0 saturated carbocycles. The van der Waals surface area contributed by atoms with Gasteiger partial charge in [-0.05, 0) is 56.4 Å². The van der Waals surface area contributed by atoms with Gasteiger partial charge in [-0.25, -0.2) is 0 Å². The average Bonchev–Trinajstić information content (AvgIpc) is 2.76. The highest BCUT2D eigenvalue weighted by Gasteiger charge is 2.13. The predicted molar refractivity (Wildman–Crippen MR) is 114 cm³/mol. The standard InChI is InChI=1S/C24H27NO4/c1-17-23(25-22-8-3-2-7-21(22)24(17)26)16-29-20-6-4-5-19(15-20)28-14-11-18-9-12-27-13-10-18/h2-8,15,18H,9-14,16H2,1H3,(H,25,26). The normalized spacial score (nSPS) is 14.8. The van der Waals surface area contributed by atoms with E-state index in [4.69, 9.17) is 14.2 Å². The summed E-state index contributed by atoms with van der Waals surface area (Å²) in [7, 11) is 0. The van der Waals surface area contributed by atoms with Crippen LogP contribution in [0.15, 0.2) is 53.3 Å². The number of nitrogens with one attached hydrogen (secondary N) is 1. The molecule has 0 atom stereocenters. The number of fused-ring (bicyclic) bond motifs is 1. The molecule has 4 rings (SSSR count). The molecule has 0 unspecified atom stereocenters. The molecule has 1 fully saturated rings. The summed E-state index contributed by atoms with van der Waals surface area (Å²) in [5.41, 5.74) is 2.35. The second-order valence-electron chi connectivity index (χ2n) is 7.56. The summed E-state index contributed by atoms with van der Waals surface area (Å²) in [5, 5.41) is 0.702. The fourth-order valence-electron chi connectivity index (χ4n) is 3.72. The van der Waals surface area contributed by atoms with Crippen molar-refractivity contribution in [1.29, 1.82) is 0 Å². The van der Waals surface area contributed by atoms with E-state index >= 15 is 0 Å². The lowest BCUT2D eigenvalue weighted by atomic mass is 9.97. The van der Waals surface area contributed by atoms with Crippen molar-refractivity contribution >= 4 is 10.9 Å². The second-order valence-corrected chi connectivity index (χ2v) is 7.56. The zero-order chi connectivity index (χ0) is 20.1.